The van der Waals surface area contributed by atoms with Crippen LogP contribution in [0, 0.1) is 6.92 Å². The second kappa shape index (κ2) is 6.95. The predicted molar refractivity (Wildman–Crippen MR) is 85.8 cm³/mol. The van der Waals surface area contributed by atoms with Gasteiger partial charge in [-0.15, -0.1) is 10.2 Å². The Morgan fingerprint density at radius 1 is 1.52 bits per heavy atom. The van der Waals surface area contributed by atoms with Gasteiger partial charge in [-0.25, -0.2) is 0 Å². The second-order valence-corrected chi connectivity index (χ2v) is 6.35. The zero-order valence-electron chi connectivity index (χ0n) is 12.1. The molecule has 0 aliphatic rings. The average Bonchev–Trinajstić information content (AvgIpc) is 2.90. The molecule has 2 rings (SSSR count). The maximum atomic E-state index is 12.3. The molecule has 7 heteroatoms. The number of carbonyl (C=O) groups is 1. The summed E-state index contributed by atoms with van der Waals surface area (Å²) in [5, 5.41) is 11.8. The first-order valence-electron chi connectivity index (χ1n) is 6.62. The number of aromatic nitrogens is 3. The molecule has 21 heavy (non-hydrogen) atoms. The Morgan fingerprint density at radius 2 is 2.29 bits per heavy atom. The normalized spacial score (nSPS) is 12.2. The Labute approximate surface area is 133 Å². The molecule has 0 unspecified atom stereocenters. The summed E-state index contributed by atoms with van der Waals surface area (Å²) in [4.78, 5) is 12.3. The van der Waals surface area contributed by atoms with Crippen molar-refractivity contribution in [2.45, 2.75) is 37.7 Å². The lowest BCUT2D eigenvalue weighted by Gasteiger charge is -2.13. The summed E-state index contributed by atoms with van der Waals surface area (Å²) >= 11 is 7.34. The van der Waals surface area contributed by atoms with Crippen molar-refractivity contribution in [2.24, 2.45) is 0 Å². The largest absolute Gasteiger partial charge is 0.325 e. The maximum absolute atomic E-state index is 12.3. The zero-order valence-corrected chi connectivity index (χ0v) is 13.7. The van der Waals surface area contributed by atoms with Crippen molar-refractivity contribution in [1.29, 1.82) is 0 Å². The van der Waals surface area contributed by atoms with E-state index in [0.717, 1.165) is 23.0 Å². The van der Waals surface area contributed by atoms with Gasteiger partial charge in [0.05, 0.1) is 5.25 Å². The van der Waals surface area contributed by atoms with Gasteiger partial charge in [0, 0.05) is 17.3 Å². The van der Waals surface area contributed by atoms with Crippen LogP contribution in [0.25, 0.3) is 0 Å². The molecule has 1 amide bonds. The van der Waals surface area contributed by atoms with Crippen molar-refractivity contribution in [3.05, 3.63) is 35.1 Å². The summed E-state index contributed by atoms with van der Waals surface area (Å²) in [6.07, 6.45) is 1.66. The molecule has 112 valence electrons. The molecule has 0 saturated heterocycles. The lowest BCUT2D eigenvalue weighted by atomic mass is 10.2. The van der Waals surface area contributed by atoms with E-state index in [9.17, 15) is 4.79 Å². The summed E-state index contributed by atoms with van der Waals surface area (Å²) in [7, 11) is 0. The molecule has 0 saturated carbocycles. The SMILES string of the molecule is CCn1cnnc1S[C@H](C)C(=O)Nc1cc(Cl)ccc1C. The molecular weight excluding hydrogens is 308 g/mol. The molecule has 0 fully saturated rings. The first-order chi connectivity index (χ1) is 10.0. The smallest absolute Gasteiger partial charge is 0.237 e. The van der Waals surface area contributed by atoms with Crippen molar-refractivity contribution in [1.82, 2.24) is 14.8 Å². The molecule has 0 aliphatic heterocycles. The minimum absolute atomic E-state index is 0.0870. The molecule has 1 heterocycles. The zero-order chi connectivity index (χ0) is 15.4. The fourth-order valence-electron chi connectivity index (χ4n) is 1.73. The molecule has 5 nitrogen and oxygen atoms in total. The lowest BCUT2D eigenvalue weighted by Crippen LogP contribution is -2.23. The third kappa shape index (κ3) is 3.98. The molecule has 0 radical (unpaired) electrons. The Balaban J connectivity index is 2.04. The van der Waals surface area contributed by atoms with Gasteiger partial charge >= 0.3 is 0 Å². The molecule has 0 spiro atoms. The van der Waals surface area contributed by atoms with E-state index in [1.54, 1.807) is 18.5 Å². The van der Waals surface area contributed by atoms with Crippen molar-refractivity contribution < 1.29 is 4.79 Å². The van der Waals surface area contributed by atoms with Gasteiger partial charge in [0.1, 0.15) is 6.33 Å². The third-order valence-electron chi connectivity index (χ3n) is 3.03. The van der Waals surface area contributed by atoms with E-state index in [-0.39, 0.29) is 11.2 Å². The van der Waals surface area contributed by atoms with Crippen LogP contribution < -0.4 is 5.32 Å². The fourth-order valence-corrected chi connectivity index (χ4v) is 2.79. The van der Waals surface area contributed by atoms with Crippen LogP contribution >= 0.6 is 23.4 Å². The molecule has 0 bridgehead atoms. The Morgan fingerprint density at radius 3 is 3.00 bits per heavy atom. The van der Waals surface area contributed by atoms with Crippen LogP contribution in [0.15, 0.2) is 29.7 Å². The Hall–Kier alpha value is -1.53. The third-order valence-corrected chi connectivity index (χ3v) is 4.36. The van der Waals surface area contributed by atoms with Gasteiger partial charge in [0.2, 0.25) is 5.91 Å². The highest BCUT2D eigenvalue weighted by Crippen LogP contribution is 2.24. The van der Waals surface area contributed by atoms with Crippen molar-refractivity contribution in [3.8, 4) is 0 Å². The number of benzene rings is 1. The second-order valence-electron chi connectivity index (χ2n) is 4.61. The number of carbonyl (C=O) groups excluding carboxylic acids is 1. The van der Waals surface area contributed by atoms with Gasteiger partial charge in [-0.2, -0.15) is 0 Å². The summed E-state index contributed by atoms with van der Waals surface area (Å²) < 4.78 is 1.90. The highest BCUT2D eigenvalue weighted by atomic mass is 35.5. The van der Waals surface area contributed by atoms with Crippen LogP contribution in [-0.4, -0.2) is 25.9 Å². The first kappa shape index (κ1) is 15.9. The van der Waals surface area contributed by atoms with Crippen molar-refractivity contribution in [3.63, 3.8) is 0 Å². The Kier molecular flexibility index (Phi) is 5.25. The number of aryl methyl sites for hydroxylation is 2. The van der Waals surface area contributed by atoms with Crippen LogP contribution in [0.3, 0.4) is 0 Å². The number of hydrogen-bond acceptors (Lipinski definition) is 4. The maximum Gasteiger partial charge on any atom is 0.237 e. The standard InChI is InChI=1S/C14H17ClN4OS/c1-4-19-8-16-18-14(19)21-10(3)13(20)17-12-7-11(15)6-5-9(12)2/h5-8,10H,4H2,1-3H3,(H,17,20)/t10-/m1/s1. The summed E-state index contributed by atoms with van der Waals surface area (Å²) in [5.74, 6) is -0.0870. The van der Waals surface area contributed by atoms with Gasteiger partial charge in [-0.1, -0.05) is 29.4 Å². The first-order valence-corrected chi connectivity index (χ1v) is 7.88. The van der Waals surface area contributed by atoms with Crippen molar-refractivity contribution in [2.75, 3.05) is 5.32 Å². The minimum atomic E-state index is -0.280. The van der Waals surface area contributed by atoms with Gasteiger partial charge in [-0.05, 0) is 38.5 Å². The minimum Gasteiger partial charge on any atom is -0.325 e. The number of amides is 1. The van der Waals surface area contributed by atoms with Gasteiger partial charge in [0.25, 0.3) is 0 Å². The van der Waals surface area contributed by atoms with Crippen LogP contribution in [0.2, 0.25) is 5.02 Å². The number of rotatable bonds is 5. The molecule has 1 atom stereocenters. The Bertz CT molecular complexity index is 644. The topological polar surface area (TPSA) is 59.8 Å². The number of thioether (sulfide) groups is 1. The van der Waals surface area contributed by atoms with E-state index in [1.807, 2.05) is 31.4 Å². The predicted octanol–water partition coefficient (Wildman–Crippen LogP) is 3.38. The van der Waals surface area contributed by atoms with E-state index in [4.69, 9.17) is 11.6 Å². The number of nitrogens with one attached hydrogen (secondary N) is 1. The molecule has 1 aromatic heterocycles. The molecule has 2 aromatic rings. The van der Waals surface area contributed by atoms with E-state index < -0.39 is 0 Å². The highest BCUT2D eigenvalue weighted by molar-refractivity contribution is 8.00. The number of hydrogen-bond donors (Lipinski definition) is 1. The molecule has 0 aliphatic carbocycles. The van der Waals surface area contributed by atoms with Gasteiger partial charge < -0.3 is 9.88 Å². The average molecular weight is 325 g/mol. The van der Waals surface area contributed by atoms with Crippen molar-refractivity contribution >= 4 is 35.0 Å². The summed E-state index contributed by atoms with van der Waals surface area (Å²) in [6, 6.07) is 5.43. The number of halogens is 1. The number of nitrogens with zero attached hydrogens (tertiary/aromatic N) is 3. The summed E-state index contributed by atoms with van der Waals surface area (Å²) in [6.45, 7) is 6.55. The lowest BCUT2D eigenvalue weighted by molar-refractivity contribution is -0.115. The van der Waals surface area contributed by atoms with Gasteiger partial charge in [0.15, 0.2) is 5.16 Å². The number of anilines is 1. The van der Waals surface area contributed by atoms with Gasteiger partial charge in [-0.3, -0.25) is 4.79 Å². The van der Waals surface area contributed by atoms with Crippen LogP contribution in [0.4, 0.5) is 5.69 Å². The summed E-state index contributed by atoms with van der Waals surface area (Å²) in [5.41, 5.74) is 1.71. The molecule has 1 aromatic carbocycles. The molecular formula is C14H17ClN4OS. The van der Waals surface area contributed by atoms with E-state index in [0.29, 0.717) is 5.02 Å². The van der Waals surface area contributed by atoms with E-state index in [1.165, 1.54) is 11.8 Å². The molecule has 1 N–H and O–H groups in total. The van der Waals surface area contributed by atoms with E-state index in [2.05, 4.69) is 15.5 Å². The van der Waals surface area contributed by atoms with E-state index >= 15 is 0 Å². The monoisotopic (exact) mass is 324 g/mol. The van der Waals surface area contributed by atoms with Crippen LogP contribution in [0.1, 0.15) is 19.4 Å². The highest BCUT2D eigenvalue weighted by Gasteiger charge is 2.18. The van der Waals surface area contributed by atoms with Crippen LogP contribution in [-0.2, 0) is 11.3 Å². The van der Waals surface area contributed by atoms with Crippen LogP contribution in [0.5, 0.6) is 0 Å². The fraction of sp³-hybridized carbons (Fsp3) is 0.357. The quantitative estimate of drug-likeness (QED) is 0.856.